The minimum atomic E-state index is -1.37. The van der Waals surface area contributed by atoms with E-state index in [4.69, 9.17) is 6.42 Å². The number of hydrogen-bond donors (Lipinski definition) is 4. The minimum Gasteiger partial charge on any atom is -0.351 e. The smallest absolute Gasteiger partial charge is 0.236 e. The molecule has 0 bridgehead atoms. The highest BCUT2D eigenvalue weighted by Gasteiger charge is 2.40. The molecule has 0 heterocycles. The number of hydrogen-bond acceptors (Lipinski definition) is 4. The fourth-order valence-electron chi connectivity index (χ4n) is 2.53. The Morgan fingerprint density at radius 3 is 1.70 bits per heavy atom. The first kappa shape index (κ1) is 20.9. The zero-order valence-corrected chi connectivity index (χ0v) is 16.8. The zero-order chi connectivity index (χ0) is 19.9. The standard InChI is InChI=1S/C21H22N2O2S2/c1-3-12-21(2,19(24)22-13-15-8-4-6-10-17(15)26)20(25)23-14-16-9-5-7-11-18(16)27/h1,4-11,26-27H,12-14H2,2H3,(H,22,24)(H,23,25). The molecule has 0 fully saturated rings. The van der Waals surface area contributed by atoms with E-state index in [0.29, 0.717) is 0 Å². The Balaban J connectivity index is 2.06. The van der Waals surface area contributed by atoms with Crippen LogP contribution in [0.15, 0.2) is 58.3 Å². The van der Waals surface area contributed by atoms with Crippen LogP contribution in [0.2, 0.25) is 0 Å². The first-order chi connectivity index (χ1) is 12.9. The topological polar surface area (TPSA) is 58.2 Å². The first-order valence-corrected chi connectivity index (χ1v) is 9.31. The maximum absolute atomic E-state index is 12.8. The predicted octanol–water partition coefficient (Wildman–Crippen LogP) is 3.23. The Bertz CT molecular complexity index is 813. The Morgan fingerprint density at radius 2 is 1.33 bits per heavy atom. The van der Waals surface area contributed by atoms with E-state index in [9.17, 15) is 9.59 Å². The van der Waals surface area contributed by atoms with Crippen molar-refractivity contribution in [1.29, 1.82) is 0 Å². The summed E-state index contributed by atoms with van der Waals surface area (Å²) in [6.45, 7) is 2.09. The highest BCUT2D eigenvalue weighted by atomic mass is 32.1. The van der Waals surface area contributed by atoms with E-state index in [2.05, 4.69) is 41.8 Å². The van der Waals surface area contributed by atoms with E-state index >= 15 is 0 Å². The Hall–Kier alpha value is -2.36. The van der Waals surface area contributed by atoms with Gasteiger partial charge >= 0.3 is 0 Å². The third-order valence-corrected chi connectivity index (χ3v) is 5.19. The number of carbonyl (C=O) groups excluding carboxylic acids is 2. The molecule has 0 aromatic heterocycles. The molecule has 6 heteroatoms. The van der Waals surface area contributed by atoms with E-state index in [0.717, 1.165) is 20.9 Å². The van der Waals surface area contributed by atoms with Crippen LogP contribution < -0.4 is 10.6 Å². The second kappa shape index (κ2) is 9.54. The average molecular weight is 399 g/mol. The summed E-state index contributed by atoms with van der Waals surface area (Å²) in [5.74, 6) is 1.59. The summed E-state index contributed by atoms with van der Waals surface area (Å²) >= 11 is 8.74. The Morgan fingerprint density at radius 1 is 0.926 bits per heavy atom. The molecule has 0 radical (unpaired) electrons. The molecule has 2 N–H and O–H groups in total. The maximum atomic E-state index is 12.8. The molecule has 0 unspecified atom stereocenters. The van der Waals surface area contributed by atoms with Crippen molar-refractivity contribution in [2.45, 2.75) is 36.2 Å². The minimum absolute atomic E-state index is 0.00426. The molecule has 2 rings (SSSR count). The molecule has 2 aromatic rings. The Labute approximate surface area is 171 Å². The Kier molecular flexibility index (Phi) is 7.40. The second-order valence-corrected chi connectivity index (χ2v) is 7.30. The zero-order valence-electron chi connectivity index (χ0n) is 15.0. The van der Waals surface area contributed by atoms with Crippen molar-refractivity contribution in [1.82, 2.24) is 10.6 Å². The number of terminal acetylenes is 1. The van der Waals surface area contributed by atoms with Gasteiger partial charge in [0.05, 0.1) is 0 Å². The molecule has 2 amide bonds. The monoisotopic (exact) mass is 398 g/mol. The summed E-state index contributed by atoms with van der Waals surface area (Å²) in [4.78, 5) is 27.0. The van der Waals surface area contributed by atoms with Gasteiger partial charge in [0.2, 0.25) is 11.8 Å². The van der Waals surface area contributed by atoms with Crippen LogP contribution in [-0.4, -0.2) is 11.8 Å². The molecule has 27 heavy (non-hydrogen) atoms. The highest BCUT2D eigenvalue weighted by Crippen LogP contribution is 2.23. The SMILES string of the molecule is C#CCC(C)(C(=O)NCc1ccccc1S)C(=O)NCc1ccccc1S. The number of carbonyl (C=O) groups is 2. The molecule has 4 nitrogen and oxygen atoms in total. The van der Waals surface area contributed by atoms with Gasteiger partial charge in [-0.2, -0.15) is 0 Å². The summed E-state index contributed by atoms with van der Waals surface area (Å²) in [6.07, 6.45) is 5.41. The number of amides is 2. The van der Waals surface area contributed by atoms with Crippen molar-refractivity contribution in [2.24, 2.45) is 5.41 Å². The largest absolute Gasteiger partial charge is 0.351 e. The van der Waals surface area contributed by atoms with Gasteiger partial charge in [-0.3, -0.25) is 9.59 Å². The van der Waals surface area contributed by atoms with Gasteiger partial charge in [0.25, 0.3) is 0 Å². The number of nitrogens with one attached hydrogen (secondary N) is 2. The fraction of sp³-hybridized carbons (Fsp3) is 0.238. The lowest BCUT2D eigenvalue weighted by Gasteiger charge is -2.25. The molecule has 0 aliphatic heterocycles. The van der Waals surface area contributed by atoms with Crippen LogP contribution in [0.4, 0.5) is 0 Å². The quantitative estimate of drug-likeness (QED) is 0.329. The molecule has 0 spiro atoms. The third kappa shape index (κ3) is 5.31. The van der Waals surface area contributed by atoms with E-state index in [-0.39, 0.29) is 19.5 Å². The van der Waals surface area contributed by atoms with Gasteiger partial charge in [-0.1, -0.05) is 36.4 Å². The lowest BCUT2D eigenvalue weighted by molar-refractivity contribution is -0.142. The summed E-state index contributed by atoms with van der Waals surface area (Å²) in [5.41, 5.74) is 0.356. The van der Waals surface area contributed by atoms with E-state index < -0.39 is 17.2 Å². The van der Waals surface area contributed by atoms with E-state index in [1.165, 1.54) is 0 Å². The van der Waals surface area contributed by atoms with Crippen molar-refractivity contribution in [3.63, 3.8) is 0 Å². The molecule has 140 valence electrons. The van der Waals surface area contributed by atoms with E-state index in [1.54, 1.807) is 6.92 Å². The van der Waals surface area contributed by atoms with E-state index in [1.807, 2.05) is 48.5 Å². The summed E-state index contributed by atoms with van der Waals surface area (Å²) in [5, 5.41) is 5.59. The van der Waals surface area contributed by atoms with Crippen LogP contribution in [0.1, 0.15) is 24.5 Å². The first-order valence-electron chi connectivity index (χ1n) is 8.42. The molecular formula is C21H22N2O2S2. The maximum Gasteiger partial charge on any atom is 0.236 e. The normalized spacial score (nSPS) is 10.7. The van der Waals surface area contributed by atoms with Crippen LogP contribution in [0.5, 0.6) is 0 Å². The van der Waals surface area contributed by atoms with Crippen LogP contribution >= 0.6 is 25.3 Å². The van der Waals surface area contributed by atoms with Crippen LogP contribution in [-0.2, 0) is 22.7 Å². The van der Waals surface area contributed by atoms with Crippen molar-refractivity contribution in [3.05, 3.63) is 59.7 Å². The van der Waals surface area contributed by atoms with Gasteiger partial charge in [-0.25, -0.2) is 0 Å². The van der Waals surface area contributed by atoms with Crippen molar-refractivity contribution >= 4 is 37.1 Å². The predicted molar refractivity (Wildman–Crippen MR) is 113 cm³/mol. The second-order valence-electron chi connectivity index (χ2n) is 6.34. The lowest BCUT2D eigenvalue weighted by atomic mass is 9.84. The number of rotatable bonds is 7. The molecule has 0 aliphatic rings. The molecule has 2 aromatic carbocycles. The molecule has 0 aliphatic carbocycles. The van der Waals surface area contributed by atoms with Gasteiger partial charge in [0.1, 0.15) is 5.41 Å². The number of benzene rings is 2. The molecule has 0 saturated heterocycles. The highest BCUT2D eigenvalue weighted by molar-refractivity contribution is 7.80. The fourth-order valence-corrected chi connectivity index (χ4v) is 3.01. The molecule has 0 saturated carbocycles. The summed E-state index contributed by atoms with van der Waals surface area (Å²) < 4.78 is 0. The van der Waals surface area contributed by atoms with Crippen LogP contribution in [0.25, 0.3) is 0 Å². The molecule has 0 atom stereocenters. The average Bonchev–Trinajstić information content (AvgIpc) is 2.66. The number of thiol groups is 2. The lowest BCUT2D eigenvalue weighted by Crippen LogP contribution is -2.49. The van der Waals surface area contributed by atoms with Gasteiger partial charge in [-0.05, 0) is 30.2 Å². The molecular weight excluding hydrogens is 376 g/mol. The third-order valence-electron chi connectivity index (χ3n) is 4.32. The van der Waals surface area contributed by atoms with Gasteiger partial charge in [0, 0.05) is 29.3 Å². The van der Waals surface area contributed by atoms with Crippen LogP contribution in [0.3, 0.4) is 0 Å². The van der Waals surface area contributed by atoms with Crippen molar-refractivity contribution in [2.75, 3.05) is 0 Å². The summed E-state index contributed by atoms with van der Waals surface area (Å²) in [7, 11) is 0. The van der Waals surface area contributed by atoms with Crippen molar-refractivity contribution in [3.8, 4) is 12.3 Å². The van der Waals surface area contributed by atoms with Crippen molar-refractivity contribution < 1.29 is 9.59 Å². The van der Waals surface area contributed by atoms with Crippen LogP contribution in [0, 0.1) is 17.8 Å². The van der Waals surface area contributed by atoms with Gasteiger partial charge in [0.15, 0.2) is 0 Å². The van der Waals surface area contributed by atoms with Gasteiger partial charge < -0.3 is 10.6 Å². The van der Waals surface area contributed by atoms with Gasteiger partial charge in [-0.15, -0.1) is 37.6 Å². The summed E-state index contributed by atoms with van der Waals surface area (Å²) in [6, 6.07) is 14.9.